The Balaban J connectivity index is 1.33. The van der Waals surface area contributed by atoms with E-state index in [0.29, 0.717) is 19.0 Å². The van der Waals surface area contributed by atoms with Crippen LogP contribution in [-0.4, -0.2) is 42.1 Å². The Morgan fingerprint density at radius 3 is 2.50 bits per heavy atom. The molecule has 3 aromatic rings. The summed E-state index contributed by atoms with van der Waals surface area (Å²) in [5, 5.41) is 3.10. The van der Waals surface area contributed by atoms with Crippen LogP contribution in [0.25, 0.3) is 11.1 Å². The molecule has 4 rings (SSSR count). The molecule has 1 aromatic heterocycles. The molecule has 0 unspecified atom stereocenters. The number of halogens is 1. The Labute approximate surface area is 200 Å². The van der Waals surface area contributed by atoms with E-state index in [0.717, 1.165) is 49.2 Å². The van der Waals surface area contributed by atoms with Gasteiger partial charge in [0.15, 0.2) is 0 Å². The average Bonchev–Trinajstić information content (AvgIpc) is 2.89. The van der Waals surface area contributed by atoms with Crippen LogP contribution < -0.4 is 15.1 Å². The molecule has 178 valence electrons. The number of benzene rings is 2. The predicted molar refractivity (Wildman–Crippen MR) is 134 cm³/mol. The highest BCUT2D eigenvalue weighted by Gasteiger charge is 2.27. The van der Waals surface area contributed by atoms with E-state index in [-0.39, 0.29) is 17.6 Å². The number of anilines is 2. The first kappa shape index (κ1) is 23.7. The van der Waals surface area contributed by atoms with Gasteiger partial charge in [0.05, 0.1) is 5.92 Å². The van der Waals surface area contributed by atoms with Crippen LogP contribution in [0.3, 0.4) is 0 Å². The van der Waals surface area contributed by atoms with Crippen molar-refractivity contribution in [1.82, 2.24) is 15.3 Å². The fraction of sp³-hybridized carbons (Fsp3) is 0.370. The maximum Gasteiger partial charge on any atom is 0.225 e. The number of nitrogens with zero attached hydrogens (tertiary/aromatic N) is 4. The molecule has 2 heterocycles. The Hall–Kier alpha value is -3.48. The summed E-state index contributed by atoms with van der Waals surface area (Å²) < 4.78 is 13.5. The molecule has 1 aliphatic rings. The lowest BCUT2D eigenvalue weighted by atomic mass is 9.97. The minimum atomic E-state index is -0.286. The van der Waals surface area contributed by atoms with Gasteiger partial charge in [-0.2, -0.15) is 0 Å². The van der Waals surface area contributed by atoms with E-state index in [1.807, 2.05) is 6.07 Å². The molecule has 7 heteroatoms. The smallest absolute Gasteiger partial charge is 0.225 e. The van der Waals surface area contributed by atoms with Crippen LogP contribution in [-0.2, 0) is 11.3 Å². The van der Waals surface area contributed by atoms with Crippen LogP contribution >= 0.6 is 0 Å². The second-order valence-corrected chi connectivity index (χ2v) is 8.62. The van der Waals surface area contributed by atoms with Gasteiger partial charge < -0.3 is 15.1 Å². The summed E-state index contributed by atoms with van der Waals surface area (Å²) in [7, 11) is 0. The monoisotopic (exact) mass is 461 g/mol. The lowest BCUT2D eigenvalue weighted by Crippen LogP contribution is -2.43. The van der Waals surface area contributed by atoms with E-state index >= 15 is 0 Å². The molecule has 1 amide bonds. The van der Waals surface area contributed by atoms with Gasteiger partial charge in [-0.3, -0.25) is 4.79 Å². The molecule has 0 aliphatic carbocycles. The molecular formula is C27H32FN5O. The van der Waals surface area contributed by atoms with Gasteiger partial charge in [0.1, 0.15) is 5.82 Å². The Morgan fingerprint density at radius 2 is 1.82 bits per heavy atom. The molecule has 34 heavy (non-hydrogen) atoms. The number of nitrogens with one attached hydrogen (secondary N) is 1. The van der Waals surface area contributed by atoms with Crippen molar-refractivity contribution in [2.45, 2.75) is 33.2 Å². The van der Waals surface area contributed by atoms with Gasteiger partial charge in [0.25, 0.3) is 0 Å². The van der Waals surface area contributed by atoms with Crippen LogP contribution in [0.4, 0.5) is 16.0 Å². The standard InChI is InChI=1S/C27H32FN5O/c1-3-32(4-2)25-12-10-20(11-13-25)16-29-26(34)22-8-6-14-33(19-22)27-30-17-23(18-31-27)21-7-5-9-24(28)15-21/h5,7,9-13,15,17-18,22H,3-4,6,8,14,16,19H2,1-2H3,(H,29,34)/t22-/m1/s1. The minimum absolute atomic E-state index is 0.0638. The molecule has 1 fully saturated rings. The van der Waals surface area contributed by atoms with Crippen molar-refractivity contribution < 1.29 is 9.18 Å². The minimum Gasteiger partial charge on any atom is -0.372 e. The first-order valence-electron chi connectivity index (χ1n) is 12.0. The van der Waals surface area contributed by atoms with Gasteiger partial charge in [0, 0.05) is 56.4 Å². The number of hydrogen-bond acceptors (Lipinski definition) is 5. The zero-order valence-corrected chi connectivity index (χ0v) is 19.9. The van der Waals surface area contributed by atoms with E-state index in [1.54, 1.807) is 18.5 Å². The summed E-state index contributed by atoms with van der Waals surface area (Å²) >= 11 is 0. The van der Waals surface area contributed by atoms with Crippen LogP contribution in [0.5, 0.6) is 0 Å². The van der Waals surface area contributed by atoms with Gasteiger partial charge in [-0.25, -0.2) is 14.4 Å². The molecule has 2 aromatic carbocycles. The van der Waals surface area contributed by atoms with Crippen molar-refractivity contribution >= 4 is 17.5 Å². The molecule has 1 saturated heterocycles. The Bertz CT molecular complexity index is 1080. The quantitative estimate of drug-likeness (QED) is 0.529. The third-order valence-electron chi connectivity index (χ3n) is 6.40. The SMILES string of the molecule is CCN(CC)c1ccc(CNC(=O)[C@@H]2CCCN(c3ncc(-c4cccc(F)c4)cn3)C2)cc1. The number of hydrogen-bond donors (Lipinski definition) is 1. The van der Waals surface area contributed by atoms with E-state index < -0.39 is 0 Å². The summed E-state index contributed by atoms with van der Waals surface area (Å²) in [5.74, 6) is 0.278. The molecule has 0 saturated carbocycles. The molecule has 0 spiro atoms. The fourth-order valence-electron chi connectivity index (χ4n) is 4.42. The highest BCUT2D eigenvalue weighted by molar-refractivity contribution is 5.79. The van der Waals surface area contributed by atoms with Crippen LogP contribution in [0, 0.1) is 11.7 Å². The first-order valence-corrected chi connectivity index (χ1v) is 12.0. The number of carbonyl (C=O) groups excluding carboxylic acids is 1. The van der Waals surface area contributed by atoms with E-state index in [1.165, 1.54) is 17.8 Å². The molecule has 1 N–H and O–H groups in total. The summed E-state index contributed by atoms with van der Waals surface area (Å²) in [6, 6.07) is 14.8. The van der Waals surface area contributed by atoms with E-state index in [9.17, 15) is 9.18 Å². The zero-order valence-electron chi connectivity index (χ0n) is 19.9. The van der Waals surface area contributed by atoms with Crippen molar-refractivity contribution in [3.05, 3.63) is 72.3 Å². The number of piperidine rings is 1. The highest BCUT2D eigenvalue weighted by atomic mass is 19.1. The largest absolute Gasteiger partial charge is 0.372 e. The zero-order chi connectivity index (χ0) is 23.9. The average molecular weight is 462 g/mol. The van der Waals surface area contributed by atoms with Gasteiger partial charge in [-0.15, -0.1) is 0 Å². The number of carbonyl (C=O) groups is 1. The fourth-order valence-corrected chi connectivity index (χ4v) is 4.42. The molecule has 1 atom stereocenters. The lowest BCUT2D eigenvalue weighted by Gasteiger charge is -2.32. The van der Waals surface area contributed by atoms with Crippen molar-refractivity contribution in [3.63, 3.8) is 0 Å². The summed E-state index contributed by atoms with van der Waals surface area (Å²) in [5.41, 5.74) is 3.80. The first-order chi connectivity index (χ1) is 16.6. The number of aromatic nitrogens is 2. The van der Waals surface area contributed by atoms with Gasteiger partial charge in [-0.1, -0.05) is 24.3 Å². The third kappa shape index (κ3) is 5.71. The Kier molecular flexibility index (Phi) is 7.72. The van der Waals surface area contributed by atoms with Crippen molar-refractivity contribution in [1.29, 1.82) is 0 Å². The number of amides is 1. The maximum atomic E-state index is 13.5. The van der Waals surface area contributed by atoms with E-state index in [2.05, 4.69) is 63.2 Å². The summed E-state index contributed by atoms with van der Waals surface area (Å²) in [6.07, 6.45) is 5.18. The molecular weight excluding hydrogens is 429 g/mol. The Morgan fingerprint density at radius 1 is 1.09 bits per heavy atom. The maximum absolute atomic E-state index is 13.5. The molecule has 6 nitrogen and oxygen atoms in total. The van der Waals surface area contributed by atoms with Crippen molar-refractivity contribution in [2.24, 2.45) is 5.92 Å². The highest BCUT2D eigenvalue weighted by Crippen LogP contribution is 2.23. The summed E-state index contributed by atoms with van der Waals surface area (Å²) in [6.45, 7) is 8.17. The van der Waals surface area contributed by atoms with Gasteiger partial charge >= 0.3 is 0 Å². The third-order valence-corrected chi connectivity index (χ3v) is 6.40. The number of rotatable bonds is 8. The molecule has 1 aliphatic heterocycles. The van der Waals surface area contributed by atoms with Gasteiger partial charge in [-0.05, 0) is 62.1 Å². The molecule has 0 bridgehead atoms. The normalized spacial score (nSPS) is 15.7. The predicted octanol–water partition coefficient (Wildman–Crippen LogP) is 4.66. The van der Waals surface area contributed by atoms with Crippen molar-refractivity contribution in [2.75, 3.05) is 36.0 Å². The second-order valence-electron chi connectivity index (χ2n) is 8.62. The topological polar surface area (TPSA) is 61.4 Å². The lowest BCUT2D eigenvalue weighted by molar-refractivity contribution is -0.125. The van der Waals surface area contributed by atoms with Gasteiger partial charge in [0.2, 0.25) is 11.9 Å². The van der Waals surface area contributed by atoms with Crippen LogP contribution in [0.1, 0.15) is 32.3 Å². The van der Waals surface area contributed by atoms with Crippen LogP contribution in [0.2, 0.25) is 0 Å². The van der Waals surface area contributed by atoms with E-state index in [4.69, 9.17) is 0 Å². The summed E-state index contributed by atoms with van der Waals surface area (Å²) in [4.78, 5) is 26.2. The van der Waals surface area contributed by atoms with Crippen LogP contribution in [0.15, 0.2) is 60.9 Å². The molecule has 0 radical (unpaired) electrons. The second kappa shape index (κ2) is 11.1. The van der Waals surface area contributed by atoms with Crippen molar-refractivity contribution in [3.8, 4) is 11.1 Å².